The Morgan fingerprint density at radius 3 is 2.90 bits per heavy atom. The summed E-state index contributed by atoms with van der Waals surface area (Å²) >= 11 is 0. The Kier molecular flexibility index (Phi) is 3.88. The van der Waals surface area contributed by atoms with Crippen molar-refractivity contribution < 1.29 is 4.42 Å². The van der Waals surface area contributed by atoms with Gasteiger partial charge >= 0.3 is 0 Å². The van der Waals surface area contributed by atoms with Gasteiger partial charge in [0.25, 0.3) is 6.01 Å². The van der Waals surface area contributed by atoms with Crippen LogP contribution in [0.1, 0.15) is 0 Å². The molecule has 5 rings (SSSR count). The third kappa shape index (κ3) is 2.93. The number of nitrogens with one attached hydrogen (secondary N) is 1. The number of nitrogen functional groups attached to an aromatic ring is 2. The van der Waals surface area contributed by atoms with E-state index in [1.807, 2.05) is 12.1 Å². The molecule has 0 atom stereocenters. The standard InChI is InChI=1S/C18H18N10O/c19-4-13-22-5-9(6-23-13)7-28-17-14(16(20)24-8-25-17)15(27-28)10-1-2-12-11(3-10)26-18(21)29-12/h1-3,5,8H,4,6-7,19H2,(H2,21,26)(H,22,23)(H2,20,24,25). The molecule has 0 aliphatic carbocycles. The van der Waals surface area contributed by atoms with Gasteiger partial charge in [-0.15, -0.1) is 0 Å². The number of hydrogen-bond acceptors (Lipinski definition) is 10. The molecule has 1 aromatic carbocycles. The number of oxazole rings is 1. The molecule has 0 saturated carbocycles. The maximum Gasteiger partial charge on any atom is 0.292 e. The molecular formula is C18H18N10O. The molecule has 1 aliphatic heterocycles. The second-order valence-corrected chi connectivity index (χ2v) is 6.62. The van der Waals surface area contributed by atoms with Gasteiger partial charge in [-0.05, 0) is 23.8 Å². The van der Waals surface area contributed by atoms with E-state index in [4.69, 9.17) is 26.7 Å². The number of anilines is 2. The zero-order chi connectivity index (χ0) is 20.0. The van der Waals surface area contributed by atoms with Gasteiger partial charge in [-0.25, -0.2) is 19.6 Å². The van der Waals surface area contributed by atoms with Crippen molar-refractivity contribution >= 4 is 39.8 Å². The van der Waals surface area contributed by atoms with E-state index < -0.39 is 0 Å². The van der Waals surface area contributed by atoms with Crippen molar-refractivity contribution in [1.29, 1.82) is 0 Å². The van der Waals surface area contributed by atoms with Crippen molar-refractivity contribution in [1.82, 2.24) is 30.0 Å². The maximum atomic E-state index is 6.17. The number of amidine groups is 1. The summed E-state index contributed by atoms with van der Waals surface area (Å²) in [5.74, 6) is 1.11. The molecule has 0 fully saturated rings. The van der Waals surface area contributed by atoms with E-state index in [0.717, 1.165) is 17.0 Å². The first-order chi connectivity index (χ1) is 14.1. The largest absolute Gasteiger partial charge is 0.424 e. The second kappa shape index (κ2) is 6.56. The molecular weight excluding hydrogens is 372 g/mol. The minimum atomic E-state index is 0.115. The molecule has 1 aliphatic rings. The molecule has 3 aromatic heterocycles. The van der Waals surface area contributed by atoms with Crippen molar-refractivity contribution in [3.63, 3.8) is 0 Å². The Labute approximate surface area is 164 Å². The van der Waals surface area contributed by atoms with E-state index in [1.54, 1.807) is 16.9 Å². The number of fused-ring (bicyclic) bond motifs is 2. The van der Waals surface area contributed by atoms with Crippen molar-refractivity contribution in [3.8, 4) is 11.3 Å². The second-order valence-electron chi connectivity index (χ2n) is 6.62. The number of benzene rings is 1. The molecule has 11 heteroatoms. The Morgan fingerprint density at radius 1 is 1.21 bits per heavy atom. The summed E-state index contributed by atoms with van der Waals surface area (Å²) in [6.45, 7) is 1.51. The normalized spacial score (nSPS) is 14.1. The lowest BCUT2D eigenvalue weighted by atomic mass is 10.1. The van der Waals surface area contributed by atoms with Crippen LogP contribution < -0.4 is 22.5 Å². The number of nitrogens with zero attached hydrogens (tertiary/aromatic N) is 6. The molecule has 11 nitrogen and oxygen atoms in total. The SMILES string of the molecule is NCC1=NC=C(Cn2nc(-c3ccc4oc(N)nc4c3)c3c(N)ncnc32)CN1. The zero-order valence-electron chi connectivity index (χ0n) is 15.3. The van der Waals surface area contributed by atoms with E-state index in [0.29, 0.717) is 53.3 Å². The lowest BCUT2D eigenvalue weighted by Crippen LogP contribution is -2.34. The summed E-state index contributed by atoms with van der Waals surface area (Å²) in [5.41, 5.74) is 21.8. The highest BCUT2D eigenvalue weighted by atomic mass is 16.4. The highest BCUT2D eigenvalue weighted by molar-refractivity contribution is 5.99. The summed E-state index contributed by atoms with van der Waals surface area (Å²) in [6, 6.07) is 5.65. The van der Waals surface area contributed by atoms with Gasteiger partial charge in [0.15, 0.2) is 11.2 Å². The van der Waals surface area contributed by atoms with Gasteiger partial charge in [-0.3, -0.25) is 0 Å². The summed E-state index contributed by atoms with van der Waals surface area (Å²) in [7, 11) is 0. The van der Waals surface area contributed by atoms with Crippen LogP contribution in [0.5, 0.6) is 0 Å². The Balaban J connectivity index is 1.62. The number of nitrogens with two attached hydrogens (primary N) is 3. The van der Waals surface area contributed by atoms with Crippen LogP contribution >= 0.6 is 0 Å². The molecule has 4 heterocycles. The molecule has 0 spiro atoms. The van der Waals surface area contributed by atoms with Crippen LogP contribution in [0.15, 0.2) is 45.7 Å². The highest BCUT2D eigenvalue weighted by Gasteiger charge is 2.19. The molecule has 0 unspecified atom stereocenters. The van der Waals surface area contributed by atoms with E-state index in [2.05, 4.69) is 25.3 Å². The fourth-order valence-corrected chi connectivity index (χ4v) is 3.33. The van der Waals surface area contributed by atoms with E-state index in [1.165, 1.54) is 6.33 Å². The van der Waals surface area contributed by atoms with Crippen LogP contribution in [-0.4, -0.2) is 43.7 Å². The minimum absolute atomic E-state index is 0.115. The van der Waals surface area contributed by atoms with Gasteiger partial charge in [0.1, 0.15) is 29.2 Å². The Bertz CT molecular complexity index is 1300. The smallest absolute Gasteiger partial charge is 0.292 e. The Morgan fingerprint density at radius 2 is 2.10 bits per heavy atom. The third-order valence-corrected chi connectivity index (χ3v) is 4.70. The molecule has 0 bridgehead atoms. The number of aromatic nitrogens is 5. The van der Waals surface area contributed by atoms with Gasteiger partial charge in [0.05, 0.1) is 18.5 Å². The van der Waals surface area contributed by atoms with Gasteiger partial charge in [0.2, 0.25) is 0 Å². The average molecular weight is 390 g/mol. The van der Waals surface area contributed by atoms with Crippen molar-refractivity contribution in [2.45, 2.75) is 6.54 Å². The van der Waals surface area contributed by atoms with E-state index >= 15 is 0 Å². The van der Waals surface area contributed by atoms with Crippen LogP contribution in [0.4, 0.5) is 11.8 Å². The minimum Gasteiger partial charge on any atom is -0.424 e. The molecule has 0 amide bonds. The summed E-state index contributed by atoms with van der Waals surface area (Å²) in [4.78, 5) is 17.0. The first-order valence-corrected chi connectivity index (χ1v) is 8.94. The molecule has 0 saturated heterocycles. The van der Waals surface area contributed by atoms with Crippen LogP contribution in [0.3, 0.4) is 0 Å². The predicted molar refractivity (Wildman–Crippen MR) is 110 cm³/mol. The van der Waals surface area contributed by atoms with Crippen LogP contribution in [0, 0.1) is 0 Å². The lowest BCUT2D eigenvalue weighted by Gasteiger charge is -2.15. The van der Waals surface area contributed by atoms with Gasteiger partial charge < -0.3 is 26.9 Å². The fraction of sp³-hybridized carbons (Fsp3) is 0.167. The topological polar surface area (TPSA) is 172 Å². The number of rotatable bonds is 4. The van der Waals surface area contributed by atoms with Crippen LogP contribution in [0.25, 0.3) is 33.4 Å². The number of aliphatic imine (C=N–C) groups is 1. The maximum absolute atomic E-state index is 6.17. The molecule has 4 aromatic rings. The fourth-order valence-electron chi connectivity index (χ4n) is 3.33. The van der Waals surface area contributed by atoms with E-state index in [-0.39, 0.29) is 6.01 Å². The first kappa shape index (κ1) is 17.1. The molecule has 0 radical (unpaired) electrons. The quantitative estimate of drug-likeness (QED) is 0.390. The van der Waals surface area contributed by atoms with Crippen molar-refractivity contribution in [2.75, 3.05) is 24.6 Å². The summed E-state index contributed by atoms with van der Waals surface area (Å²) < 4.78 is 7.14. The molecule has 7 N–H and O–H groups in total. The number of hydrogen-bond donors (Lipinski definition) is 4. The van der Waals surface area contributed by atoms with Crippen molar-refractivity contribution in [2.24, 2.45) is 10.7 Å². The molecule has 146 valence electrons. The van der Waals surface area contributed by atoms with E-state index in [9.17, 15) is 0 Å². The average Bonchev–Trinajstić information content (AvgIpc) is 3.28. The van der Waals surface area contributed by atoms with Gasteiger partial charge in [-0.2, -0.15) is 10.1 Å². The summed E-state index contributed by atoms with van der Waals surface area (Å²) in [5, 5.41) is 8.64. The van der Waals surface area contributed by atoms with Gasteiger partial charge in [-0.1, -0.05) is 0 Å². The lowest BCUT2D eigenvalue weighted by molar-refractivity contribution is 0.626. The van der Waals surface area contributed by atoms with Crippen LogP contribution in [-0.2, 0) is 6.54 Å². The van der Waals surface area contributed by atoms with Gasteiger partial charge in [0, 0.05) is 18.3 Å². The monoisotopic (exact) mass is 390 g/mol. The Hall–Kier alpha value is -3.99. The molecule has 29 heavy (non-hydrogen) atoms. The highest BCUT2D eigenvalue weighted by Crippen LogP contribution is 2.32. The third-order valence-electron chi connectivity index (χ3n) is 4.70. The predicted octanol–water partition coefficient (Wildman–Crippen LogP) is 0.643. The first-order valence-electron chi connectivity index (χ1n) is 8.94. The zero-order valence-corrected chi connectivity index (χ0v) is 15.3. The van der Waals surface area contributed by atoms with Crippen LogP contribution in [0.2, 0.25) is 0 Å². The summed E-state index contributed by atoms with van der Waals surface area (Å²) in [6.07, 6.45) is 3.24. The van der Waals surface area contributed by atoms with Crippen molar-refractivity contribution in [3.05, 3.63) is 36.3 Å².